The zero-order valence-corrected chi connectivity index (χ0v) is 14.5. The molecular formula is C11H22NO5PS2. The summed E-state index contributed by atoms with van der Waals surface area (Å²) in [6.45, 7) is 6.31. The van der Waals surface area contributed by atoms with Crippen LogP contribution < -0.4 is 5.32 Å². The second-order valence-electron chi connectivity index (χ2n) is 3.80. The van der Waals surface area contributed by atoms with Crippen LogP contribution in [0, 0.1) is 0 Å². The van der Waals surface area contributed by atoms with E-state index in [2.05, 4.69) is 5.32 Å². The van der Waals surface area contributed by atoms with Crippen molar-refractivity contribution in [1.82, 2.24) is 5.32 Å². The van der Waals surface area contributed by atoms with E-state index in [0.717, 1.165) is 11.4 Å². The van der Waals surface area contributed by atoms with Crippen LogP contribution >= 0.6 is 17.1 Å². The lowest BCUT2D eigenvalue weighted by Crippen LogP contribution is -2.41. The highest BCUT2D eigenvalue weighted by atomic mass is 32.9. The molecule has 0 saturated heterocycles. The van der Waals surface area contributed by atoms with Gasteiger partial charge in [0.25, 0.3) is 0 Å². The summed E-state index contributed by atoms with van der Waals surface area (Å²) in [4.78, 5) is 22.7. The standard InChI is InChI=1S/C11H22NO5PS2/c1-4-7-9(11(14)15)12-10(13)8-20-18(19,16-5-2)17-6-3/h9H,4-8H2,1-3H3,(H,12,13)(H,14,15). The molecule has 2 N–H and O–H groups in total. The number of hydrogen-bond donors (Lipinski definition) is 2. The van der Waals surface area contributed by atoms with E-state index < -0.39 is 17.7 Å². The molecule has 9 heteroatoms. The van der Waals surface area contributed by atoms with Crippen molar-refractivity contribution in [3.8, 4) is 0 Å². The van der Waals surface area contributed by atoms with Crippen LogP contribution in [-0.4, -0.2) is 42.0 Å². The second kappa shape index (κ2) is 10.6. The van der Waals surface area contributed by atoms with Gasteiger partial charge >= 0.3 is 5.97 Å². The minimum Gasteiger partial charge on any atom is -0.480 e. The maximum Gasteiger partial charge on any atom is 0.326 e. The zero-order chi connectivity index (χ0) is 15.6. The summed E-state index contributed by atoms with van der Waals surface area (Å²) < 4.78 is 10.8. The van der Waals surface area contributed by atoms with E-state index in [1.807, 2.05) is 20.8 Å². The predicted octanol–water partition coefficient (Wildman–Crippen LogP) is 2.39. The topological polar surface area (TPSA) is 84.9 Å². The quantitative estimate of drug-likeness (QED) is 0.557. The number of nitrogens with one attached hydrogen (secondary N) is 1. The largest absolute Gasteiger partial charge is 0.480 e. The van der Waals surface area contributed by atoms with E-state index in [1.54, 1.807) is 0 Å². The van der Waals surface area contributed by atoms with Crippen LogP contribution in [0.2, 0.25) is 0 Å². The fourth-order valence-electron chi connectivity index (χ4n) is 1.35. The van der Waals surface area contributed by atoms with Gasteiger partial charge in [0.15, 0.2) is 0 Å². The lowest BCUT2D eigenvalue weighted by atomic mass is 10.2. The number of carbonyl (C=O) groups excluding carboxylic acids is 1. The smallest absolute Gasteiger partial charge is 0.326 e. The third-order valence-corrected chi connectivity index (χ3v) is 7.54. The first-order valence-corrected chi connectivity index (χ1v) is 10.7. The van der Waals surface area contributed by atoms with Crippen molar-refractivity contribution in [2.45, 2.75) is 39.7 Å². The van der Waals surface area contributed by atoms with Crippen LogP contribution in [0.15, 0.2) is 0 Å². The van der Waals surface area contributed by atoms with Crippen LogP contribution in [0.5, 0.6) is 0 Å². The molecule has 20 heavy (non-hydrogen) atoms. The van der Waals surface area contributed by atoms with Crippen LogP contribution in [0.1, 0.15) is 33.6 Å². The monoisotopic (exact) mass is 343 g/mol. The van der Waals surface area contributed by atoms with Crippen molar-refractivity contribution in [3.63, 3.8) is 0 Å². The minimum absolute atomic E-state index is 0.0325. The van der Waals surface area contributed by atoms with E-state index >= 15 is 0 Å². The van der Waals surface area contributed by atoms with Gasteiger partial charge in [-0.1, -0.05) is 24.7 Å². The van der Waals surface area contributed by atoms with Crippen molar-refractivity contribution in [1.29, 1.82) is 0 Å². The fourth-order valence-corrected chi connectivity index (χ4v) is 5.58. The van der Waals surface area contributed by atoms with E-state index in [0.29, 0.717) is 26.1 Å². The fraction of sp³-hybridized carbons (Fsp3) is 0.818. The molecule has 0 bridgehead atoms. The third kappa shape index (κ3) is 8.21. The molecule has 0 aromatic rings. The Hall–Kier alpha value is -0.140. The second-order valence-corrected chi connectivity index (χ2v) is 10.1. The first-order valence-electron chi connectivity index (χ1n) is 6.44. The van der Waals surface area contributed by atoms with E-state index in [4.69, 9.17) is 26.0 Å². The molecule has 0 radical (unpaired) electrons. The Balaban J connectivity index is 4.37. The molecule has 1 unspecified atom stereocenters. The number of carboxylic acid groups (broad SMARTS) is 1. The predicted molar refractivity (Wildman–Crippen MR) is 84.5 cm³/mol. The number of carbonyl (C=O) groups is 2. The lowest BCUT2D eigenvalue weighted by Gasteiger charge is -2.20. The molecule has 1 atom stereocenters. The maximum absolute atomic E-state index is 11.8. The molecule has 0 spiro atoms. The molecule has 0 rings (SSSR count). The lowest BCUT2D eigenvalue weighted by molar-refractivity contribution is -0.141. The summed E-state index contributed by atoms with van der Waals surface area (Å²) in [5.74, 6) is -1.37. The summed E-state index contributed by atoms with van der Waals surface area (Å²) in [5, 5.41) is 11.4. The number of carboxylic acids is 1. The maximum atomic E-state index is 11.8. The van der Waals surface area contributed by atoms with Crippen molar-refractivity contribution in [2.24, 2.45) is 0 Å². The Morgan fingerprint density at radius 2 is 1.85 bits per heavy atom. The Labute approximate surface area is 128 Å². The highest BCUT2D eigenvalue weighted by Gasteiger charge is 2.23. The zero-order valence-electron chi connectivity index (χ0n) is 12.0. The van der Waals surface area contributed by atoms with Gasteiger partial charge in [-0.2, -0.15) is 0 Å². The average molecular weight is 343 g/mol. The molecule has 0 saturated carbocycles. The van der Waals surface area contributed by atoms with Crippen molar-refractivity contribution < 1.29 is 23.7 Å². The van der Waals surface area contributed by atoms with Crippen LogP contribution in [0.4, 0.5) is 0 Å². The van der Waals surface area contributed by atoms with Gasteiger partial charge in [0, 0.05) is 0 Å². The van der Waals surface area contributed by atoms with Crippen LogP contribution in [-0.2, 0) is 30.4 Å². The molecule has 6 nitrogen and oxygen atoms in total. The Bertz CT molecular complexity index is 357. The number of rotatable bonds is 11. The summed E-state index contributed by atoms with van der Waals surface area (Å²) >= 11 is 6.40. The summed E-state index contributed by atoms with van der Waals surface area (Å²) in [6.07, 6.45) is 1.08. The Morgan fingerprint density at radius 1 is 1.30 bits per heavy atom. The number of aliphatic carboxylic acids is 1. The van der Waals surface area contributed by atoms with Gasteiger partial charge in [-0.05, 0) is 32.1 Å². The van der Waals surface area contributed by atoms with Crippen LogP contribution in [0.3, 0.4) is 0 Å². The van der Waals surface area contributed by atoms with Crippen molar-refractivity contribution in [3.05, 3.63) is 0 Å². The number of amides is 1. The highest BCUT2D eigenvalue weighted by Crippen LogP contribution is 2.60. The third-order valence-electron chi connectivity index (χ3n) is 2.14. The molecule has 0 fully saturated rings. The number of hydrogen-bond acceptors (Lipinski definition) is 6. The van der Waals surface area contributed by atoms with Crippen molar-refractivity contribution >= 4 is 40.8 Å². The average Bonchev–Trinajstić information content (AvgIpc) is 2.36. The summed E-state index contributed by atoms with van der Waals surface area (Å²) in [7, 11) is 0. The van der Waals surface area contributed by atoms with Gasteiger partial charge in [0.1, 0.15) is 6.04 Å². The molecule has 0 aliphatic carbocycles. The molecule has 0 aliphatic heterocycles. The molecule has 0 aromatic heterocycles. The van der Waals surface area contributed by atoms with Crippen molar-refractivity contribution in [2.75, 3.05) is 19.0 Å². The molecule has 118 valence electrons. The van der Waals surface area contributed by atoms with Gasteiger partial charge in [-0.15, -0.1) is 0 Å². The van der Waals surface area contributed by atoms with E-state index in [9.17, 15) is 9.59 Å². The van der Waals surface area contributed by atoms with Gasteiger partial charge in [0.05, 0.1) is 19.0 Å². The van der Waals surface area contributed by atoms with E-state index in [1.165, 1.54) is 0 Å². The first-order chi connectivity index (χ1) is 9.38. The Morgan fingerprint density at radius 3 is 2.25 bits per heavy atom. The molecule has 0 heterocycles. The molecule has 1 amide bonds. The molecular weight excluding hydrogens is 321 g/mol. The normalized spacial score (nSPS) is 12.9. The SMILES string of the molecule is CCCC(NC(=O)CSP(=S)(OCC)OCC)C(=O)O. The van der Waals surface area contributed by atoms with Gasteiger partial charge < -0.3 is 19.5 Å². The summed E-state index contributed by atoms with van der Waals surface area (Å²) in [5.41, 5.74) is -2.51. The Kier molecular flexibility index (Phi) is 10.5. The highest BCUT2D eigenvalue weighted by molar-refractivity contribution is 8.68. The van der Waals surface area contributed by atoms with Gasteiger partial charge in [-0.3, -0.25) is 4.79 Å². The summed E-state index contributed by atoms with van der Waals surface area (Å²) in [6, 6.07) is -0.856. The molecule has 0 aliphatic rings. The van der Waals surface area contributed by atoms with Gasteiger partial charge in [0.2, 0.25) is 11.6 Å². The van der Waals surface area contributed by atoms with Gasteiger partial charge in [-0.25, -0.2) is 4.79 Å². The minimum atomic E-state index is -2.51. The van der Waals surface area contributed by atoms with Crippen LogP contribution in [0.25, 0.3) is 0 Å². The molecule has 0 aromatic carbocycles. The first kappa shape index (κ1) is 19.9. The van der Waals surface area contributed by atoms with E-state index in [-0.39, 0.29) is 11.7 Å².